The van der Waals surface area contributed by atoms with Gasteiger partial charge < -0.3 is 25.6 Å². The third kappa shape index (κ3) is 11.6. The summed E-state index contributed by atoms with van der Waals surface area (Å²) in [7, 11) is 1.42. The van der Waals surface area contributed by atoms with Gasteiger partial charge in [-0.15, -0.1) is 0 Å². The average Bonchev–Trinajstić information content (AvgIpc) is 2.51. The fourth-order valence-electron chi connectivity index (χ4n) is 2.21. The van der Waals surface area contributed by atoms with Crippen LogP contribution in [-0.4, -0.2) is 81.8 Å². The minimum absolute atomic E-state index is 0.158. The minimum atomic E-state index is -0.158. The molecular weight excluding hydrogens is 268 g/mol. The fraction of sp³-hybridized carbons (Fsp3) is 0.933. The van der Waals surface area contributed by atoms with E-state index < -0.39 is 0 Å². The second-order valence-electron chi connectivity index (χ2n) is 5.09. The Morgan fingerprint density at radius 3 is 2.19 bits per heavy atom. The Morgan fingerprint density at radius 1 is 1.05 bits per heavy atom. The number of carbonyl (C=O) groups is 1. The molecular formula is C15H34N4O2. The third-order valence-corrected chi connectivity index (χ3v) is 3.63. The van der Waals surface area contributed by atoms with Gasteiger partial charge in [-0.1, -0.05) is 13.8 Å². The van der Waals surface area contributed by atoms with Crippen molar-refractivity contribution in [3.05, 3.63) is 0 Å². The van der Waals surface area contributed by atoms with Gasteiger partial charge >= 0.3 is 5.97 Å². The predicted octanol–water partition coefficient (Wildman–Crippen LogP) is 0.132. The number of methoxy groups -OCH3 is 1. The van der Waals surface area contributed by atoms with Gasteiger partial charge in [0.1, 0.15) is 0 Å². The Balaban J connectivity index is 3.64. The van der Waals surface area contributed by atoms with Gasteiger partial charge in [0.25, 0.3) is 0 Å². The van der Waals surface area contributed by atoms with Crippen LogP contribution in [0.4, 0.5) is 0 Å². The maximum Gasteiger partial charge on any atom is 0.306 e. The molecule has 0 aliphatic rings. The van der Waals surface area contributed by atoms with Crippen molar-refractivity contribution in [1.82, 2.24) is 15.1 Å². The summed E-state index contributed by atoms with van der Waals surface area (Å²) in [6.07, 6.45) is 1.61. The van der Waals surface area contributed by atoms with Crippen LogP contribution < -0.4 is 11.1 Å². The molecule has 0 spiro atoms. The zero-order valence-corrected chi connectivity index (χ0v) is 14.1. The van der Waals surface area contributed by atoms with Gasteiger partial charge in [-0.3, -0.25) is 4.79 Å². The van der Waals surface area contributed by atoms with E-state index >= 15 is 0 Å². The summed E-state index contributed by atoms with van der Waals surface area (Å²) in [5.41, 5.74) is 5.59. The number of carbonyl (C=O) groups excluding carboxylic acids is 1. The van der Waals surface area contributed by atoms with Crippen LogP contribution in [0.2, 0.25) is 0 Å². The summed E-state index contributed by atoms with van der Waals surface area (Å²) in [6.45, 7) is 13.0. The Hall–Kier alpha value is -0.690. The summed E-state index contributed by atoms with van der Waals surface area (Å²) >= 11 is 0. The lowest BCUT2D eigenvalue weighted by molar-refractivity contribution is -0.140. The molecule has 0 bridgehead atoms. The van der Waals surface area contributed by atoms with Crippen molar-refractivity contribution in [2.45, 2.75) is 26.7 Å². The summed E-state index contributed by atoms with van der Waals surface area (Å²) < 4.78 is 4.60. The molecule has 0 aromatic heterocycles. The quantitative estimate of drug-likeness (QED) is 0.351. The Kier molecular flexibility index (Phi) is 13.8. The van der Waals surface area contributed by atoms with E-state index in [0.717, 1.165) is 52.4 Å². The average molecular weight is 302 g/mol. The molecule has 0 aromatic rings. The number of ether oxygens (including phenoxy) is 1. The molecule has 0 aliphatic carbocycles. The number of nitrogens with one attached hydrogen (secondary N) is 1. The number of likely N-dealkylation sites (N-methyl/N-ethyl adjacent to an activating group) is 2. The highest BCUT2D eigenvalue weighted by molar-refractivity contribution is 5.69. The van der Waals surface area contributed by atoms with E-state index in [-0.39, 0.29) is 5.97 Å². The zero-order valence-electron chi connectivity index (χ0n) is 14.1. The van der Waals surface area contributed by atoms with Gasteiger partial charge in [0.2, 0.25) is 0 Å². The summed E-state index contributed by atoms with van der Waals surface area (Å²) in [5.74, 6) is -0.158. The van der Waals surface area contributed by atoms with E-state index in [0.29, 0.717) is 13.0 Å². The first-order valence-corrected chi connectivity index (χ1v) is 8.10. The van der Waals surface area contributed by atoms with E-state index in [1.165, 1.54) is 13.5 Å². The van der Waals surface area contributed by atoms with Crippen LogP contribution in [0.5, 0.6) is 0 Å². The van der Waals surface area contributed by atoms with Crippen LogP contribution in [-0.2, 0) is 9.53 Å². The topological polar surface area (TPSA) is 70.8 Å². The number of hydrogen-bond donors (Lipinski definition) is 2. The van der Waals surface area contributed by atoms with Crippen molar-refractivity contribution < 1.29 is 9.53 Å². The highest BCUT2D eigenvalue weighted by Crippen LogP contribution is 1.95. The number of nitrogens with two attached hydrogens (primary N) is 1. The van der Waals surface area contributed by atoms with Gasteiger partial charge in [0.15, 0.2) is 0 Å². The van der Waals surface area contributed by atoms with E-state index in [2.05, 4.69) is 33.7 Å². The molecule has 0 radical (unpaired) electrons. The molecule has 0 aliphatic heterocycles. The molecule has 6 nitrogen and oxygen atoms in total. The molecule has 0 fully saturated rings. The van der Waals surface area contributed by atoms with E-state index in [1.807, 2.05) is 0 Å². The normalized spacial score (nSPS) is 11.3. The van der Waals surface area contributed by atoms with Crippen molar-refractivity contribution in [2.75, 3.05) is 66.0 Å². The van der Waals surface area contributed by atoms with Crippen LogP contribution in [0.25, 0.3) is 0 Å². The van der Waals surface area contributed by atoms with Gasteiger partial charge in [-0.05, 0) is 32.6 Å². The van der Waals surface area contributed by atoms with Crippen molar-refractivity contribution in [3.63, 3.8) is 0 Å². The molecule has 6 heteroatoms. The van der Waals surface area contributed by atoms with Crippen molar-refractivity contribution in [1.29, 1.82) is 0 Å². The monoisotopic (exact) mass is 302 g/mol. The highest BCUT2D eigenvalue weighted by Gasteiger charge is 2.05. The van der Waals surface area contributed by atoms with Gasteiger partial charge in [0, 0.05) is 32.7 Å². The Morgan fingerprint density at radius 2 is 1.67 bits per heavy atom. The molecule has 0 unspecified atom stereocenters. The fourth-order valence-corrected chi connectivity index (χ4v) is 2.21. The second kappa shape index (κ2) is 14.3. The minimum Gasteiger partial charge on any atom is -0.469 e. The highest BCUT2D eigenvalue weighted by atomic mass is 16.5. The first kappa shape index (κ1) is 20.3. The van der Waals surface area contributed by atoms with Crippen molar-refractivity contribution in [2.24, 2.45) is 5.73 Å². The maximum absolute atomic E-state index is 11.0. The SMILES string of the molecule is CCN(CCN)CCCN(CC)CCNCCC(=O)OC. The summed E-state index contributed by atoms with van der Waals surface area (Å²) in [4.78, 5) is 15.8. The Bertz CT molecular complexity index is 252. The lowest BCUT2D eigenvalue weighted by atomic mass is 10.3. The smallest absolute Gasteiger partial charge is 0.306 e. The van der Waals surface area contributed by atoms with Crippen LogP contribution >= 0.6 is 0 Å². The summed E-state index contributed by atoms with van der Waals surface area (Å²) in [6, 6.07) is 0. The number of hydrogen-bond acceptors (Lipinski definition) is 6. The standard InChI is InChI=1S/C15H34N4O2/c1-4-18(13-8-16)11-6-12-19(5-2)14-10-17-9-7-15(20)21-3/h17H,4-14,16H2,1-3H3. The van der Waals surface area contributed by atoms with Gasteiger partial charge in [-0.2, -0.15) is 0 Å². The first-order valence-electron chi connectivity index (χ1n) is 8.10. The van der Waals surface area contributed by atoms with E-state index in [9.17, 15) is 4.79 Å². The summed E-state index contributed by atoms with van der Waals surface area (Å²) in [5, 5.41) is 3.28. The molecule has 0 aromatic carbocycles. The molecule has 0 rings (SSSR count). The lowest BCUT2D eigenvalue weighted by Crippen LogP contribution is -2.36. The van der Waals surface area contributed by atoms with Crippen molar-refractivity contribution >= 4 is 5.97 Å². The number of nitrogens with zero attached hydrogens (tertiary/aromatic N) is 2. The second-order valence-corrected chi connectivity index (χ2v) is 5.09. The van der Waals surface area contributed by atoms with Gasteiger partial charge in [-0.25, -0.2) is 0 Å². The van der Waals surface area contributed by atoms with Gasteiger partial charge in [0.05, 0.1) is 13.5 Å². The molecule has 0 saturated carbocycles. The largest absolute Gasteiger partial charge is 0.469 e. The van der Waals surface area contributed by atoms with Crippen LogP contribution in [0, 0.1) is 0 Å². The Labute approximate surface area is 130 Å². The van der Waals surface area contributed by atoms with Crippen LogP contribution in [0.3, 0.4) is 0 Å². The first-order chi connectivity index (χ1) is 10.2. The number of esters is 1. The predicted molar refractivity (Wildman–Crippen MR) is 87.4 cm³/mol. The van der Waals surface area contributed by atoms with Crippen LogP contribution in [0.15, 0.2) is 0 Å². The number of rotatable bonds is 14. The third-order valence-electron chi connectivity index (χ3n) is 3.63. The molecule has 0 saturated heterocycles. The molecule has 3 N–H and O–H groups in total. The lowest BCUT2D eigenvalue weighted by Gasteiger charge is -2.24. The molecule has 0 heterocycles. The molecule has 0 atom stereocenters. The molecule has 21 heavy (non-hydrogen) atoms. The van der Waals surface area contributed by atoms with E-state index in [4.69, 9.17) is 5.73 Å². The molecule has 126 valence electrons. The van der Waals surface area contributed by atoms with Crippen LogP contribution in [0.1, 0.15) is 26.7 Å². The van der Waals surface area contributed by atoms with Crippen molar-refractivity contribution in [3.8, 4) is 0 Å². The van der Waals surface area contributed by atoms with E-state index in [1.54, 1.807) is 0 Å². The maximum atomic E-state index is 11.0. The zero-order chi connectivity index (χ0) is 15.9. The molecule has 0 amide bonds.